The van der Waals surface area contributed by atoms with Crippen LogP contribution in [-0.4, -0.2) is 18.1 Å². The number of esters is 1. The van der Waals surface area contributed by atoms with E-state index >= 15 is 0 Å². The normalized spacial score (nSPS) is 33.9. The standard InChI is InChI=1S/C10H11ClO3S/c1-6-4-5-7(15-6)9(2)10(11,14-9)8(12)13-3/h4-5H,1-3H3. The maximum atomic E-state index is 11.4. The largest absolute Gasteiger partial charge is 0.466 e. The van der Waals surface area contributed by atoms with E-state index in [1.165, 1.54) is 7.11 Å². The lowest BCUT2D eigenvalue weighted by Crippen LogP contribution is -2.26. The van der Waals surface area contributed by atoms with Gasteiger partial charge in [-0.3, -0.25) is 0 Å². The minimum absolute atomic E-state index is 0.544. The van der Waals surface area contributed by atoms with E-state index in [2.05, 4.69) is 4.74 Å². The van der Waals surface area contributed by atoms with Crippen LogP contribution in [0.15, 0.2) is 12.1 Å². The minimum atomic E-state index is -1.35. The van der Waals surface area contributed by atoms with Gasteiger partial charge in [-0.15, -0.1) is 11.3 Å². The van der Waals surface area contributed by atoms with Crippen LogP contribution in [0.4, 0.5) is 0 Å². The molecule has 2 unspecified atom stereocenters. The molecule has 1 fully saturated rings. The molecule has 0 N–H and O–H groups in total. The Labute approximate surface area is 96.9 Å². The first kappa shape index (κ1) is 10.9. The van der Waals surface area contributed by atoms with Gasteiger partial charge in [0.25, 0.3) is 5.06 Å². The summed E-state index contributed by atoms with van der Waals surface area (Å²) in [6, 6.07) is 3.90. The first-order chi connectivity index (χ1) is 6.94. The highest BCUT2D eigenvalue weighted by Gasteiger charge is 2.74. The van der Waals surface area contributed by atoms with Crippen LogP contribution in [0.5, 0.6) is 0 Å². The number of hydrogen-bond acceptors (Lipinski definition) is 4. The van der Waals surface area contributed by atoms with E-state index in [0.29, 0.717) is 0 Å². The van der Waals surface area contributed by atoms with Crippen molar-refractivity contribution in [2.24, 2.45) is 0 Å². The van der Waals surface area contributed by atoms with Gasteiger partial charge in [0.1, 0.15) is 0 Å². The molecule has 0 amide bonds. The van der Waals surface area contributed by atoms with Crippen molar-refractivity contribution in [3.8, 4) is 0 Å². The SMILES string of the molecule is COC(=O)C1(Cl)OC1(C)c1ccc(C)s1. The molecule has 0 bridgehead atoms. The third-order valence-electron chi connectivity index (χ3n) is 2.58. The molecular formula is C10H11ClO3S. The van der Waals surface area contributed by atoms with Crippen molar-refractivity contribution < 1.29 is 14.3 Å². The van der Waals surface area contributed by atoms with Crippen molar-refractivity contribution >= 4 is 28.9 Å². The van der Waals surface area contributed by atoms with E-state index in [-0.39, 0.29) is 0 Å². The van der Waals surface area contributed by atoms with E-state index < -0.39 is 16.6 Å². The second-order valence-corrected chi connectivity index (χ2v) is 5.45. The number of aryl methyl sites for hydroxylation is 1. The van der Waals surface area contributed by atoms with Crippen molar-refractivity contribution in [2.45, 2.75) is 24.5 Å². The number of methoxy groups -OCH3 is 1. The highest BCUT2D eigenvalue weighted by atomic mass is 35.5. The number of halogens is 1. The van der Waals surface area contributed by atoms with E-state index in [0.717, 1.165) is 9.75 Å². The van der Waals surface area contributed by atoms with Gasteiger partial charge in [-0.25, -0.2) is 4.79 Å². The van der Waals surface area contributed by atoms with Crippen molar-refractivity contribution in [2.75, 3.05) is 7.11 Å². The van der Waals surface area contributed by atoms with Crippen molar-refractivity contribution in [1.82, 2.24) is 0 Å². The summed E-state index contributed by atoms with van der Waals surface area (Å²) in [6.07, 6.45) is 0. The fraction of sp³-hybridized carbons (Fsp3) is 0.500. The quantitative estimate of drug-likeness (QED) is 0.457. The highest BCUT2D eigenvalue weighted by molar-refractivity contribution is 7.12. The molecular weight excluding hydrogens is 236 g/mol. The molecule has 0 saturated carbocycles. The molecule has 2 heterocycles. The highest BCUT2D eigenvalue weighted by Crippen LogP contribution is 2.60. The lowest BCUT2D eigenvalue weighted by molar-refractivity contribution is -0.143. The van der Waals surface area contributed by atoms with Crippen LogP contribution in [0.3, 0.4) is 0 Å². The van der Waals surface area contributed by atoms with Crippen LogP contribution in [0.2, 0.25) is 0 Å². The molecule has 15 heavy (non-hydrogen) atoms. The van der Waals surface area contributed by atoms with Crippen LogP contribution < -0.4 is 0 Å². The zero-order valence-electron chi connectivity index (χ0n) is 8.67. The zero-order chi connectivity index (χ0) is 11.3. The first-order valence-corrected chi connectivity index (χ1v) is 5.68. The van der Waals surface area contributed by atoms with E-state index in [1.54, 1.807) is 18.3 Å². The predicted molar refractivity (Wildman–Crippen MR) is 58.1 cm³/mol. The van der Waals surface area contributed by atoms with Crippen LogP contribution >= 0.6 is 22.9 Å². The topological polar surface area (TPSA) is 38.8 Å². The number of alkyl halides is 1. The number of carbonyl (C=O) groups is 1. The Bertz CT molecular complexity index is 417. The third kappa shape index (κ3) is 1.40. The van der Waals surface area contributed by atoms with Crippen molar-refractivity contribution in [3.63, 3.8) is 0 Å². The number of ether oxygens (including phenoxy) is 2. The van der Waals surface area contributed by atoms with Gasteiger partial charge in [0, 0.05) is 9.75 Å². The molecule has 1 aromatic rings. The summed E-state index contributed by atoms with van der Waals surface area (Å²) in [5.41, 5.74) is -0.749. The van der Waals surface area contributed by atoms with Gasteiger partial charge < -0.3 is 9.47 Å². The summed E-state index contributed by atoms with van der Waals surface area (Å²) >= 11 is 7.63. The lowest BCUT2D eigenvalue weighted by Gasteiger charge is -2.06. The molecule has 0 aliphatic carbocycles. The summed E-state index contributed by atoms with van der Waals surface area (Å²) in [5.74, 6) is -0.544. The molecule has 2 rings (SSSR count). The van der Waals surface area contributed by atoms with E-state index in [4.69, 9.17) is 16.3 Å². The van der Waals surface area contributed by atoms with Gasteiger partial charge >= 0.3 is 5.97 Å². The summed E-state index contributed by atoms with van der Waals surface area (Å²) in [7, 11) is 1.30. The molecule has 2 atom stereocenters. The van der Waals surface area contributed by atoms with Crippen LogP contribution in [0.25, 0.3) is 0 Å². The van der Waals surface area contributed by atoms with Gasteiger partial charge in [0.05, 0.1) is 7.11 Å². The summed E-state index contributed by atoms with van der Waals surface area (Å²) in [5, 5.41) is -1.35. The minimum Gasteiger partial charge on any atom is -0.466 e. The van der Waals surface area contributed by atoms with Gasteiger partial charge in [-0.2, -0.15) is 0 Å². The Morgan fingerprint density at radius 2 is 2.27 bits per heavy atom. The van der Waals surface area contributed by atoms with E-state index in [1.807, 2.05) is 19.1 Å². The van der Waals surface area contributed by atoms with Crippen LogP contribution in [0.1, 0.15) is 16.7 Å². The number of thiophene rings is 1. The molecule has 0 spiro atoms. The Balaban J connectivity index is 2.30. The van der Waals surface area contributed by atoms with Crippen LogP contribution in [-0.2, 0) is 19.9 Å². The number of epoxide rings is 1. The predicted octanol–water partition coefficient (Wildman–Crippen LogP) is 2.41. The average Bonchev–Trinajstić information content (AvgIpc) is 2.60. The molecule has 1 aliphatic rings. The Hall–Kier alpha value is -0.580. The lowest BCUT2D eigenvalue weighted by atomic mass is 10.1. The smallest absolute Gasteiger partial charge is 0.357 e. The monoisotopic (exact) mass is 246 g/mol. The maximum Gasteiger partial charge on any atom is 0.357 e. The van der Waals surface area contributed by atoms with Crippen molar-refractivity contribution in [3.05, 3.63) is 21.9 Å². The van der Waals surface area contributed by atoms with Crippen LogP contribution in [0, 0.1) is 6.92 Å². The Morgan fingerprint density at radius 1 is 1.60 bits per heavy atom. The molecule has 0 radical (unpaired) electrons. The fourth-order valence-corrected chi connectivity index (χ4v) is 2.91. The second-order valence-electron chi connectivity index (χ2n) is 3.63. The average molecular weight is 247 g/mol. The number of rotatable bonds is 2. The van der Waals surface area contributed by atoms with Gasteiger partial charge in [0.2, 0.25) is 0 Å². The van der Waals surface area contributed by atoms with Gasteiger partial charge in [-0.1, -0.05) is 11.6 Å². The molecule has 1 aliphatic heterocycles. The summed E-state index contributed by atoms with van der Waals surface area (Å²) in [6.45, 7) is 3.79. The number of hydrogen-bond donors (Lipinski definition) is 0. The fourth-order valence-electron chi connectivity index (χ4n) is 1.52. The summed E-state index contributed by atoms with van der Waals surface area (Å²) in [4.78, 5) is 13.5. The van der Waals surface area contributed by atoms with E-state index in [9.17, 15) is 4.79 Å². The molecule has 0 aromatic carbocycles. The summed E-state index contributed by atoms with van der Waals surface area (Å²) < 4.78 is 9.95. The molecule has 82 valence electrons. The van der Waals surface area contributed by atoms with Crippen molar-refractivity contribution in [1.29, 1.82) is 0 Å². The molecule has 5 heteroatoms. The maximum absolute atomic E-state index is 11.4. The van der Waals surface area contributed by atoms with Gasteiger partial charge in [0.15, 0.2) is 5.60 Å². The molecule has 1 saturated heterocycles. The van der Waals surface area contributed by atoms with Gasteiger partial charge in [-0.05, 0) is 26.0 Å². The Kier molecular flexibility index (Phi) is 2.33. The first-order valence-electron chi connectivity index (χ1n) is 4.48. The second kappa shape index (κ2) is 3.20. The molecule has 1 aromatic heterocycles. The Morgan fingerprint density at radius 3 is 2.73 bits per heavy atom. The molecule has 3 nitrogen and oxygen atoms in total. The number of carbonyl (C=O) groups excluding carboxylic acids is 1. The zero-order valence-corrected chi connectivity index (χ0v) is 10.2. The third-order valence-corrected chi connectivity index (χ3v) is 4.37.